The minimum Gasteiger partial charge on any atom is -0.423 e. The van der Waals surface area contributed by atoms with Crippen LogP contribution in [0.25, 0.3) is 11.0 Å². The van der Waals surface area contributed by atoms with Gasteiger partial charge in [0.2, 0.25) is 0 Å². The molecule has 4 rings (SSSR count). The summed E-state index contributed by atoms with van der Waals surface area (Å²) < 4.78 is 33.1. The lowest BCUT2D eigenvalue weighted by atomic mass is 10.1. The maximum Gasteiger partial charge on any atom is 0.336 e. The number of fused-ring (bicyclic) bond motifs is 1. The number of hydrogen-bond acceptors (Lipinski definition) is 5. The Bertz CT molecular complexity index is 1200. The molecule has 0 radical (unpaired) electrons. The first-order valence-electron chi connectivity index (χ1n) is 8.39. The quantitative estimate of drug-likeness (QED) is 0.658. The predicted octanol–water partition coefficient (Wildman–Crippen LogP) is 2.49. The van der Waals surface area contributed by atoms with Crippen LogP contribution in [-0.4, -0.2) is 20.4 Å². The van der Waals surface area contributed by atoms with Crippen LogP contribution in [0.15, 0.2) is 68.7 Å². The smallest absolute Gasteiger partial charge is 0.336 e. The van der Waals surface area contributed by atoms with Gasteiger partial charge in [-0.2, -0.15) is 0 Å². The Labute approximate surface area is 155 Å². The van der Waals surface area contributed by atoms with Crippen molar-refractivity contribution in [3.8, 4) is 0 Å². The van der Waals surface area contributed by atoms with E-state index >= 15 is 0 Å². The van der Waals surface area contributed by atoms with Gasteiger partial charge in [-0.15, -0.1) is 0 Å². The van der Waals surface area contributed by atoms with E-state index in [-0.39, 0.29) is 28.1 Å². The van der Waals surface area contributed by atoms with Crippen LogP contribution in [-0.2, 0) is 10.0 Å². The van der Waals surface area contributed by atoms with Gasteiger partial charge in [-0.1, -0.05) is 12.1 Å². The number of sulfonamides is 1. The fourth-order valence-electron chi connectivity index (χ4n) is 2.68. The van der Waals surface area contributed by atoms with Crippen LogP contribution in [0.1, 0.15) is 23.2 Å². The second-order valence-corrected chi connectivity index (χ2v) is 8.04. The molecule has 1 fully saturated rings. The van der Waals surface area contributed by atoms with Crippen molar-refractivity contribution in [3.63, 3.8) is 0 Å². The van der Waals surface area contributed by atoms with E-state index in [0.29, 0.717) is 11.0 Å². The van der Waals surface area contributed by atoms with Gasteiger partial charge in [0.1, 0.15) is 5.58 Å². The lowest BCUT2D eigenvalue weighted by Gasteiger charge is -2.13. The summed E-state index contributed by atoms with van der Waals surface area (Å²) in [4.78, 5) is 23.6. The molecule has 1 saturated carbocycles. The van der Waals surface area contributed by atoms with E-state index in [1.807, 2.05) is 0 Å². The number of anilines is 1. The van der Waals surface area contributed by atoms with E-state index in [2.05, 4.69) is 10.0 Å². The summed E-state index contributed by atoms with van der Waals surface area (Å²) in [5, 5.41) is 3.33. The fraction of sp³-hybridized carbons (Fsp3) is 0.158. The molecule has 2 aromatic carbocycles. The maximum absolute atomic E-state index is 12.8. The van der Waals surface area contributed by atoms with Crippen LogP contribution in [0.2, 0.25) is 0 Å². The average Bonchev–Trinajstić information content (AvgIpc) is 3.45. The summed E-state index contributed by atoms with van der Waals surface area (Å²) in [6, 6.07) is 13.5. The van der Waals surface area contributed by atoms with Crippen molar-refractivity contribution >= 4 is 32.6 Å². The molecule has 1 aliphatic rings. The first-order valence-corrected chi connectivity index (χ1v) is 9.87. The van der Waals surface area contributed by atoms with Crippen molar-refractivity contribution in [1.82, 2.24) is 5.32 Å². The SMILES string of the molecule is O=C(NC1CC1)c1ccccc1NS(=O)(=O)c1ccc2oc(=O)ccc2c1. The van der Waals surface area contributed by atoms with Gasteiger partial charge in [-0.05, 0) is 49.2 Å². The normalized spacial score (nSPS) is 14.1. The number of benzene rings is 2. The highest BCUT2D eigenvalue weighted by Crippen LogP contribution is 2.24. The van der Waals surface area contributed by atoms with Crippen LogP contribution in [0.4, 0.5) is 5.69 Å². The van der Waals surface area contributed by atoms with Crippen molar-refractivity contribution in [1.29, 1.82) is 0 Å². The van der Waals surface area contributed by atoms with Crippen LogP contribution in [0, 0.1) is 0 Å². The number of carbonyl (C=O) groups is 1. The Hall–Kier alpha value is -3.13. The number of nitrogens with one attached hydrogen (secondary N) is 2. The summed E-state index contributed by atoms with van der Waals surface area (Å²) in [7, 11) is -3.93. The van der Waals surface area contributed by atoms with Crippen LogP contribution >= 0.6 is 0 Å². The predicted molar refractivity (Wildman–Crippen MR) is 100 cm³/mol. The van der Waals surface area contributed by atoms with E-state index in [4.69, 9.17) is 4.42 Å². The van der Waals surface area contributed by atoms with Crippen molar-refractivity contribution < 1.29 is 17.6 Å². The fourth-order valence-corrected chi connectivity index (χ4v) is 3.80. The van der Waals surface area contributed by atoms with Gasteiger partial charge in [0.05, 0.1) is 16.1 Å². The van der Waals surface area contributed by atoms with Crippen molar-refractivity contribution in [3.05, 3.63) is 70.6 Å². The van der Waals surface area contributed by atoms with Crippen LogP contribution in [0.3, 0.4) is 0 Å². The molecule has 0 unspecified atom stereocenters. The number of para-hydroxylation sites is 1. The molecule has 138 valence electrons. The summed E-state index contributed by atoms with van der Waals surface area (Å²) >= 11 is 0. The number of amides is 1. The van der Waals surface area contributed by atoms with Gasteiger partial charge in [-0.25, -0.2) is 13.2 Å². The molecule has 0 bridgehead atoms. The van der Waals surface area contributed by atoms with Crippen molar-refractivity contribution in [2.45, 2.75) is 23.8 Å². The molecular formula is C19H16N2O5S. The Morgan fingerprint density at radius 1 is 1.04 bits per heavy atom. The van der Waals surface area contributed by atoms with Gasteiger partial charge >= 0.3 is 5.63 Å². The van der Waals surface area contributed by atoms with Gasteiger partial charge in [0.15, 0.2) is 0 Å². The second-order valence-electron chi connectivity index (χ2n) is 6.35. The molecule has 2 N–H and O–H groups in total. The third-order valence-corrected chi connectivity index (χ3v) is 5.59. The van der Waals surface area contributed by atoms with Gasteiger partial charge < -0.3 is 9.73 Å². The van der Waals surface area contributed by atoms with E-state index < -0.39 is 15.6 Å². The third kappa shape index (κ3) is 3.70. The molecule has 27 heavy (non-hydrogen) atoms. The molecule has 1 heterocycles. The van der Waals surface area contributed by atoms with Crippen molar-refractivity contribution in [2.75, 3.05) is 4.72 Å². The molecule has 7 nitrogen and oxygen atoms in total. The minimum atomic E-state index is -3.93. The second kappa shape index (κ2) is 6.55. The lowest BCUT2D eigenvalue weighted by Crippen LogP contribution is -2.27. The molecule has 0 spiro atoms. The molecule has 1 aliphatic carbocycles. The minimum absolute atomic E-state index is 0.00116. The molecule has 0 aliphatic heterocycles. The maximum atomic E-state index is 12.8. The van der Waals surface area contributed by atoms with E-state index in [0.717, 1.165) is 12.8 Å². The summed E-state index contributed by atoms with van der Waals surface area (Å²) in [6.45, 7) is 0. The molecule has 8 heteroatoms. The average molecular weight is 384 g/mol. The number of rotatable bonds is 5. The lowest BCUT2D eigenvalue weighted by molar-refractivity contribution is 0.0952. The first-order chi connectivity index (χ1) is 12.9. The number of carbonyl (C=O) groups excluding carboxylic acids is 1. The molecule has 1 amide bonds. The Morgan fingerprint density at radius 3 is 2.59 bits per heavy atom. The van der Waals surface area contributed by atoms with E-state index in [1.165, 1.54) is 30.3 Å². The van der Waals surface area contributed by atoms with E-state index in [9.17, 15) is 18.0 Å². The van der Waals surface area contributed by atoms with Gasteiger partial charge in [-0.3, -0.25) is 9.52 Å². The van der Waals surface area contributed by atoms with Crippen molar-refractivity contribution in [2.24, 2.45) is 0 Å². The van der Waals surface area contributed by atoms with E-state index in [1.54, 1.807) is 24.3 Å². The Morgan fingerprint density at radius 2 is 1.81 bits per heavy atom. The molecule has 1 aromatic heterocycles. The zero-order chi connectivity index (χ0) is 19.0. The van der Waals surface area contributed by atoms with Crippen LogP contribution in [0.5, 0.6) is 0 Å². The summed E-state index contributed by atoms with van der Waals surface area (Å²) in [6.07, 6.45) is 1.87. The topological polar surface area (TPSA) is 105 Å². The Balaban J connectivity index is 1.66. The van der Waals surface area contributed by atoms with Crippen LogP contribution < -0.4 is 15.7 Å². The summed E-state index contributed by atoms with van der Waals surface area (Å²) in [5.74, 6) is -0.309. The molecule has 0 atom stereocenters. The summed E-state index contributed by atoms with van der Waals surface area (Å²) in [5.41, 5.74) is 0.257. The number of hydrogen-bond donors (Lipinski definition) is 2. The third-order valence-electron chi connectivity index (χ3n) is 4.23. The standard InChI is InChI=1S/C19H16N2O5S/c22-18-10-5-12-11-14(8-9-17(12)26-18)27(24,25)21-16-4-2-1-3-15(16)19(23)20-13-6-7-13/h1-5,8-11,13,21H,6-7H2,(H,20,23). The largest absolute Gasteiger partial charge is 0.423 e. The first kappa shape index (κ1) is 17.3. The zero-order valence-electron chi connectivity index (χ0n) is 14.1. The molecular weight excluding hydrogens is 368 g/mol. The highest BCUT2D eigenvalue weighted by Gasteiger charge is 2.25. The highest BCUT2D eigenvalue weighted by molar-refractivity contribution is 7.92. The molecule has 3 aromatic rings. The Kier molecular flexibility index (Phi) is 4.19. The monoisotopic (exact) mass is 384 g/mol. The molecule has 0 saturated heterocycles. The van der Waals surface area contributed by atoms with Gasteiger partial charge in [0, 0.05) is 17.5 Å². The highest BCUT2D eigenvalue weighted by atomic mass is 32.2. The zero-order valence-corrected chi connectivity index (χ0v) is 15.0. The van der Waals surface area contributed by atoms with Gasteiger partial charge in [0.25, 0.3) is 15.9 Å².